The fraction of sp³-hybridized carbons (Fsp3) is 0.562. The van der Waals surface area contributed by atoms with Gasteiger partial charge in [-0.1, -0.05) is 32.8 Å². The van der Waals surface area contributed by atoms with Crippen molar-refractivity contribution < 1.29 is 14.3 Å². The van der Waals surface area contributed by atoms with Crippen LogP contribution in [0.25, 0.3) is 22.3 Å². The summed E-state index contributed by atoms with van der Waals surface area (Å²) in [6.07, 6.45) is 7.64. The zero-order chi connectivity index (χ0) is 28.4. The van der Waals surface area contributed by atoms with Crippen molar-refractivity contribution in [3.8, 4) is 11.3 Å². The van der Waals surface area contributed by atoms with Gasteiger partial charge in [0, 0.05) is 43.4 Å². The third-order valence-corrected chi connectivity index (χ3v) is 7.87. The molecule has 2 fully saturated rings. The summed E-state index contributed by atoms with van der Waals surface area (Å²) >= 11 is 0. The molecule has 2 aromatic heterocycles. The van der Waals surface area contributed by atoms with Crippen LogP contribution in [0.5, 0.6) is 0 Å². The summed E-state index contributed by atoms with van der Waals surface area (Å²) < 4.78 is 7.91. The molecule has 214 valence electrons. The van der Waals surface area contributed by atoms with E-state index in [1.165, 1.54) is 12.8 Å². The van der Waals surface area contributed by atoms with E-state index < -0.39 is 5.60 Å². The predicted molar refractivity (Wildman–Crippen MR) is 157 cm³/mol. The van der Waals surface area contributed by atoms with Crippen molar-refractivity contribution in [1.82, 2.24) is 24.8 Å². The van der Waals surface area contributed by atoms with Crippen molar-refractivity contribution in [2.75, 3.05) is 13.1 Å². The largest absolute Gasteiger partial charge is 0.444 e. The van der Waals surface area contributed by atoms with Gasteiger partial charge in [0.2, 0.25) is 0 Å². The number of imidazole rings is 1. The number of aromatic nitrogens is 3. The zero-order valence-electron chi connectivity index (χ0n) is 24.6. The second kappa shape index (κ2) is 11.6. The van der Waals surface area contributed by atoms with E-state index in [2.05, 4.69) is 34.8 Å². The number of pyridine rings is 1. The number of piperidine rings is 1. The fourth-order valence-corrected chi connectivity index (χ4v) is 6.02. The molecule has 0 radical (unpaired) electrons. The highest BCUT2D eigenvalue weighted by Gasteiger charge is 2.30. The number of hydrogen-bond acceptors (Lipinski definition) is 5. The number of nitrogens with one attached hydrogen (secondary N) is 1. The summed E-state index contributed by atoms with van der Waals surface area (Å²) in [5.41, 5.74) is 3.54. The lowest BCUT2D eigenvalue weighted by atomic mass is 9.99. The van der Waals surface area contributed by atoms with Crippen LogP contribution in [0.15, 0.2) is 36.5 Å². The molecule has 0 unspecified atom stereocenters. The molecule has 8 nitrogen and oxygen atoms in total. The Labute approximate surface area is 237 Å². The Bertz CT molecular complexity index is 1340. The molecule has 40 heavy (non-hydrogen) atoms. The number of carbonyl (C=O) groups is 2. The zero-order valence-corrected chi connectivity index (χ0v) is 24.6. The van der Waals surface area contributed by atoms with Crippen molar-refractivity contribution in [1.29, 1.82) is 0 Å². The lowest BCUT2D eigenvalue weighted by Crippen LogP contribution is -2.47. The van der Waals surface area contributed by atoms with Gasteiger partial charge in [-0.15, -0.1) is 0 Å². The highest BCUT2D eigenvalue weighted by atomic mass is 16.6. The van der Waals surface area contributed by atoms with Gasteiger partial charge in [0.25, 0.3) is 5.91 Å². The smallest absolute Gasteiger partial charge is 0.410 e. The van der Waals surface area contributed by atoms with Crippen LogP contribution in [0.2, 0.25) is 0 Å². The van der Waals surface area contributed by atoms with Gasteiger partial charge < -0.3 is 19.5 Å². The molecule has 1 saturated heterocycles. The summed E-state index contributed by atoms with van der Waals surface area (Å²) in [4.78, 5) is 37.9. The monoisotopic (exact) mass is 545 g/mol. The number of nitrogens with zero attached hydrogens (tertiary/aromatic N) is 4. The highest BCUT2D eigenvalue weighted by Crippen LogP contribution is 2.38. The van der Waals surface area contributed by atoms with Crippen LogP contribution in [0.1, 0.15) is 95.2 Å². The Morgan fingerprint density at radius 2 is 1.77 bits per heavy atom. The molecule has 5 rings (SSSR count). The van der Waals surface area contributed by atoms with E-state index in [-0.39, 0.29) is 18.0 Å². The first-order chi connectivity index (χ1) is 19.1. The van der Waals surface area contributed by atoms with Crippen LogP contribution >= 0.6 is 0 Å². The average Bonchev–Trinajstić information content (AvgIpc) is 3.56. The Morgan fingerprint density at radius 3 is 2.40 bits per heavy atom. The minimum absolute atomic E-state index is 0.0222. The van der Waals surface area contributed by atoms with E-state index in [1.807, 2.05) is 45.0 Å². The number of hydrogen-bond donors (Lipinski definition) is 1. The lowest BCUT2D eigenvalue weighted by molar-refractivity contribution is 0.0199. The SMILES string of the molecule is CC(C)Cn1c(C2CCCC2)nc2c(-c3ccccn3)c(C(=O)NC3CCN(C(=O)OC(C)(C)C)CC3)ccc21. The van der Waals surface area contributed by atoms with Gasteiger partial charge in [0.15, 0.2) is 0 Å². The Balaban J connectivity index is 1.45. The molecule has 1 aliphatic carbocycles. The van der Waals surface area contributed by atoms with E-state index in [4.69, 9.17) is 9.72 Å². The van der Waals surface area contributed by atoms with Gasteiger partial charge in [-0.3, -0.25) is 9.78 Å². The number of benzene rings is 1. The first-order valence-electron chi connectivity index (χ1n) is 14.8. The Morgan fingerprint density at radius 1 is 1.05 bits per heavy atom. The van der Waals surface area contributed by atoms with Crippen LogP contribution in [0, 0.1) is 5.92 Å². The number of rotatable bonds is 6. The molecule has 1 saturated carbocycles. The molecule has 3 heterocycles. The van der Waals surface area contributed by atoms with E-state index in [0.29, 0.717) is 43.3 Å². The van der Waals surface area contributed by atoms with Gasteiger partial charge in [-0.05, 0) is 76.6 Å². The van der Waals surface area contributed by atoms with E-state index >= 15 is 0 Å². The molecule has 8 heteroatoms. The number of likely N-dealkylation sites (tertiary alicyclic amines) is 1. The maximum absolute atomic E-state index is 13.8. The van der Waals surface area contributed by atoms with Crippen molar-refractivity contribution in [3.63, 3.8) is 0 Å². The van der Waals surface area contributed by atoms with E-state index in [1.54, 1.807) is 11.1 Å². The minimum Gasteiger partial charge on any atom is -0.444 e. The summed E-state index contributed by atoms with van der Waals surface area (Å²) in [6.45, 7) is 12.1. The van der Waals surface area contributed by atoms with Crippen molar-refractivity contribution in [2.24, 2.45) is 5.92 Å². The summed E-state index contributed by atoms with van der Waals surface area (Å²) in [7, 11) is 0. The molecule has 3 aromatic rings. The van der Waals surface area contributed by atoms with Crippen LogP contribution in [-0.2, 0) is 11.3 Å². The molecular weight excluding hydrogens is 502 g/mol. The molecule has 2 aliphatic rings. The van der Waals surface area contributed by atoms with Gasteiger partial charge in [-0.25, -0.2) is 9.78 Å². The quantitative estimate of drug-likeness (QED) is 0.380. The Kier molecular flexibility index (Phi) is 8.15. The normalized spacial score (nSPS) is 17.1. The highest BCUT2D eigenvalue weighted by molar-refractivity contribution is 6.08. The standard InChI is InChI=1S/C32H43N5O3/c1-21(2)20-37-26-14-13-24(30(38)34-23-15-18-36(19-16-23)31(39)40-32(3,4)5)27(25-12-8-9-17-33-25)28(26)35-29(37)22-10-6-7-11-22/h8-9,12-14,17,21-23H,6-7,10-11,15-16,18-20H2,1-5H3,(H,34,38). The van der Waals surface area contributed by atoms with E-state index in [0.717, 1.165) is 47.5 Å². The van der Waals surface area contributed by atoms with Gasteiger partial charge in [0.05, 0.1) is 22.3 Å². The molecule has 0 spiro atoms. The summed E-state index contributed by atoms with van der Waals surface area (Å²) in [5.74, 6) is 1.95. The van der Waals surface area contributed by atoms with Gasteiger partial charge >= 0.3 is 6.09 Å². The molecule has 1 N–H and O–H groups in total. The van der Waals surface area contributed by atoms with Crippen molar-refractivity contribution in [3.05, 3.63) is 47.9 Å². The Hall–Kier alpha value is -3.42. The first kappa shape index (κ1) is 28.1. The maximum Gasteiger partial charge on any atom is 0.410 e. The second-order valence-electron chi connectivity index (χ2n) is 12.7. The molecule has 0 bridgehead atoms. The number of carbonyl (C=O) groups excluding carboxylic acids is 2. The first-order valence-corrected chi connectivity index (χ1v) is 14.8. The van der Waals surface area contributed by atoms with Crippen molar-refractivity contribution >= 4 is 23.0 Å². The second-order valence-corrected chi connectivity index (χ2v) is 12.7. The van der Waals surface area contributed by atoms with Crippen LogP contribution in [0.4, 0.5) is 4.79 Å². The van der Waals surface area contributed by atoms with Crippen LogP contribution in [-0.4, -0.2) is 56.2 Å². The molecule has 0 atom stereocenters. The average molecular weight is 546 g/mol. The third-order valence-electron chi connectivity index (χ3n) is 7.87. The molecule has 2 amide bonds. The van der Waals surface area contributed by atoms with Gasteiger partial charge in [-0.2, -0.15) is 0 Å². The summed E-state index contributed by atoms with van der Waals surface area (Å²) in [6, 6.07) is 9.79. The molecule has 1 aromatic carbocycles. The number of fused-ring (bicyclic) bond motifs is 1. The van der Waals surface area contributed by atoms with Crippen molar-refractivity contribution in [2.45, 2.75) is 97.2 Å². The number of ether oxygens (including phenoxy) is 1. The predicted octanol–water partition coefficient (Wildman–Crippen LogP) is 6.54. The molecule has 1 aliphatic heterocycles. The van der Waals surface area contributed by atoms with E-state index in [9.17, 15) is 9.59 Å². The lowest BCUT2D eigenvalue weighted by Gasteiger charge is -2.33. The summed E-state index contributed by atoms with van der Waals surface area (Å²) in [5, 5.41) is 3.25. The van der Waals surface area contributed by atoms with Crippen LogP contribution < -0.4 is 5.32 Å². The molecular formula is C32H43N5O3. The maximum atomic E-state index is 13.8. The van der Waals surface area contributed by atoms with Crippen LogP contribution in [0.3, 0.4) is 0 Å². The van der Waals surface area contributed by atoms with Gasteiger partial charge in [0.1, 0.15) is 11.4 Å². The number of amides is 2. The fourth-order valence-electron chi connectivity index (χ4n) is 6.02. The minimum atomic E-state index is -0.525. The topological polar surface area (TPSA) is 89.4 Å². The third kappa shape index (κ3) is 6.16.